The Morgan fingerprint density at radius 1 is 0.730 bits per heavy atom. The van der Waals surface area contributed by atoms with Crippen LogP contribution in [0.4, 0.5) is 0 Å². The average molecular weight is 493 g/mol. The van der Waals surface area contributed by atoms with Gasteiger partial charge in [-0.1, -0.05) is 108 Å². The number of hydrazine groups is 1. The van der Waals surface area contributed by atoms with Crippen LogP contribution in [0.3, 0.4) is 0 Å². The molecule has 0 fully saturated rings. The molecule has 5 heteroatoms. The van der Waals surface area contributed by atoms with Gasteiger partial charge in [-0.25, -0.2) is 5.01 Å². The monoisotopic (exact) mass is 492 g/mol. The van der Waals surface area contributed by atoms with Gasteiger partial charge >= 0.3 is 0 Å². The first-order chi connectivity index (χ1) is 17.7. The fourth-order valence-electron chi connectivity index (χ4n) is 4.48. The van der Waals surface area contributed by atoms with Gasteiger partial charge in [0.05, 0.1) is 6.04 Å². The van der Waals surface area contributed by atoms with Crippen molar-refractivity contribution in [1.82, 2.24) is 10.4 Å². The topological polar surface area (TPSA) is 69.6 Å². The zero-order chi connectivity index (χ0) is 26.6. The molecule has 0 aromatic heterocycles. The molecule has 0 saturated carbocycles. The summed E-state index contributed by atoms with van der Waals surface area (Å²) < 4.78 is 0. The first-order valence-electron chi connectivity index (χ1n) is 12.3. The number of carbonyl (C=O) groups excluding carboxylic acids is 2. The molecule has 0 spiro atoms. The minimum atomic E-state index is -2.03. The second kappa shape index (κ2) is 10.8. The Kier molecular flexibility index (Phi) is 7.55. The minimum absolute atomic E-state index is 0.376. The molecule has 4 rings (SSSR count). The van der Waals surface area contributed by atoms with E-state index in [1.165, 1.54) is 5.01 Å². The Bertz CT molecular complexity index is 1370. The zero-order valence-corrected chi connectivity index (χ0v) is 21.6. The van der Waals surface area contributed by atoms with Crippen LogP contribution in [0.1, 0.15) is 56.7 Å². The number of carbonyl (C=O) groups is 2. The molecule has 5 nitrogen and oxygen atoms in total. The summed E-state index contributed by atoms with van der Waals surface area (Å²) in [6.45, 7) is 7.65. The van der Waals surface area contributed by atoms with Crippen LogP contribution in [-0.4, -0.2) is 21.9 Å². The maximum absolute atomic E-state index is 14.1. The zero-order valence-electron chi connectivity index (χ0n) is 21.6. The normalized spacial score (nSPS) is 12.0. The van der Waals surface area contributed by atoms with E-state index >= 15 is 0 Å². The van der Waals surface area contributed by atoms with Crippen molar-refractivity contribution in [3.8, 4) is 0 Å². The summed E-state index contributed by atoms with van der Waals surface area (Å²) in [6, 6.07) is 30.5. The molecule has 0 heterocycles. The Balaban J connectivity index is 1.81. The predicted octanol–water partition coefficient (Wildman–Crippen LogP) is 5.78. The highest BCUT2D eigenvalue weighted by atomic mass is 16.3. The van der Waals surface area contributed by atoms with Crippen molar-refractivity contribution in [3.63, 3.8) is 0 Å². The first-order valence-corrected chi connectivity index (χ1v) is 12.3. The summed E-state index contributed by atoms with van der Waals surface area (Å²) in [6.07, 6.45) is 0. The van der Waals surface area contributed by atoms with Gasteiger partial charge in [0, 0.05) is 5.56 Å². The third-order valence-electron chi connectivity index (χ3n) is 6.57. The summed E-state index contributed by atoms with van der Waals surface area (Å²) in [7, 11) is 0. The van der Waals surface area contributed by atoms with Gasteiger partial charge in [-0.3, -0.25) is 15.0 Å². The van der Waals surface area contributed by atoms with Crippen molar-refractivity contribution in [2.24, 2.45) is 0 Å². The molecule has 1 unspecified atom stereocenters. The summed E-state index contributed by atoms with van der Waals surface area (Å²) in [4.78, 5) is 27.8. The van der Waals surface area contributed by atoms with Crippen LogP contribution in [0.15, 0.2) is 103 Å². The second-order valence-electron chi connectivity index (χ2n) is 9.52. The second-order valence-corrected chi connectivity index (χ2v) is 9.52. The number of hydrogen-bond donors (Lipinski definition) is 2. The maximum atomic E-state index is 14.1. The molecule has 0 bridgehead atoms. The highest BCUT2D eigenvalue weighted by Crippen LogP contribution is 2.32. The van der Waals surface area contributed by atoms with Crippen molar-refractivity contribution in [2.75, 3.05) is 0 Å². The van der Waals surface area contributed by atoms with Crippen molar-refractivity contribution in [1.29, 1.82) is 0 Å². The third kappa shape index (κ3) is 5.47. The van der Waals surface area contributed by atoms with Gasteiger partial charge in [-0.15, -0.1) is 0 Å². The number of benzene rings is 4. The van der Waals surface area contributed by atoms with Crippen LogP contribution in [-0.2, 0) is 10.4 Å². The van der Waals surface area contributed by atoms with Gasteiger partial charge in [0.2, 0.25) is 0 Å². The van der Waals surface area contributed by atoms with Crippen molar-refractivity contribution in [3.05, 3.63) is 142 Å². The molecule has 0 aliphatic heterocycles. The van der Waals surface area contributed by atoms with Gasteiger partial charge in [-0.05, 0) is 56.5 Å². The third-order valence-corrected chi connectivity index (χ3v) is 6.57. The van der Waals surface area contributed by atoms with Gasteiger partial charge in [-0.2, -0.15) is 0 Å². The largest absolute Gasteiger partial charge is 0.372 e. The standard InChI is InChI=1S/C32H32N2O3/c1-22-11-8-16-27(19-22)25(4)34(30(35)26-14-6-5-7-15-26)33-31(36)32(37,28-17-9-12-23(2)20-28)29-18-10-13-24(3)21-29/h5-21,25,37H,1-4H3,(H,33,36). The van der Waals surface area contributed by atoms with Crippen LogP contribution in [0.2, 0.25) is 0 Å². The molecule has 2 N–H and O–H groups in total. The van der Waals surface area contributed by atoms with E-state index in [9.17, 15) is 14.7 Å². The molecule has 37 heavy (non-hydrogen) atoms. The number of aryl methyl sites for hydroxylation is 3. The van der Waals surface area contributed by atoms with E-state index in [0.717, 1.165) is 22.3 Å². The van der Waals surface area contributed by atoms with Gasteiger partial charge in [0.15, 0.2) is 5.60 Å². The fourth-order valence-corrected chi connectivity index (χ4v) is 4.48. The molecule has 0 saturated heterocycles. The van der Waals surface area contributed by atoms with E-state index in [4.69, 9.17) is 0 Å². The van der Waals surface area contributed by atoms with E-state index < -0.39 is 17.6 Å². The first kappa shape index (κ1) is 25.9. The minimum Gasteiger partial charge on any atom is -0.372 e. The summed E-state index contributed by atoms with van der Waals surface area (Å²) in [5.41, 5.74) is 5.76. The number of aliphatic hydroxyl groups is 1. The lowest BCUT2D eigenvalue weighted by Gasteiger charge is -2.35. The van der Waals surface area contributed by atoms with Gasteiger partial charge < -0.3 is 5.11 Å². The number of amides is 2. The lowest BCUT2D eigenvalue weighted by Crippen LogP contribution is -2.55. The van der Waals surface area contributed by atoms with Gasteiger partial charge in [0.25, 0.3) is 11.8 Å². The van der Waals surface area contributed by atoms with Crippen LogP contribution < -0.4 is 5.43 Å². The summed E-state index contributed by atoms with van der Waals surface area (Å²) in [5.74, 6) is -1.09. The van der Waals surface area contributed by atoms with Crippen molar-refractivity contribution >= 4 is 11.8 Å². The van der Waals surface area contributed by atoms with E-state index in [1.54, 1.807) is 60.7 Å². The predicted molar refractivity (Wildman–Crippen MR) is 146 cm³/mol. The Morgan fingerprint density at radius 3 is 1.76 bits per heavy atom. The van der Waals surface area contributed by atoms with E-state index in [0.29, 0.717) is 16.7 Å². The summed E-state index contributed by atoms with van der Waals surface area (Å²) >= 11 is 0. The lowest BCUT2D eigenvalue weighted by molar-refractivity contribution is -0.141. The van der Waals surface area contributed by atoms with Crippen LogP contribution in [0.5, 0.6) is 0 Å². The molecule has 1 atom stereocenters. The van der Waals surface area contributed by atoms with Crippen LogP contribution in [0, 0.1) is 20.8 Å². The van der Waals surface area contributed by atoms with Crippen molar-refractivity contribution in [2.45, 2.75) is 39.3 Å². The highest BCUT2D eigenvalue weighted by Gasteiger charge is 2.42. The molecular formula is C32H32N2O3. The smallest absolute Gasteiger partial charge is 0.279 e. The average Bonchev–Trinajstić information content (AvgIpc) is 2.91. The van der Waals surface area contributed by atoms with E-state index in [-0.39, 0.29) is 5.91 Å². The number of nitrogens with one attached hydrogen (secondary N) is 1. The summed E-state index contributed by atoms with van der Waals surface area (Å²) in [5, 5.41) is 13.4. The molecule has 4 aromatic rings. The molecule has 188 valence electrons. The van der Waals surface area contributed by atoms with Crippen LogP contribution in [0.25, 0.3) is 0 Å². The van der Waals surface area contributed by atoms with E-state index in [2.05, 4.69) is 5.43 Å². The molecule has 0 aliphatic rings. The van der Waals surface area contributed by atoms with Gasteiger partial charge in [0.1, 0.15) is 0 Å². The van der Waals surface area contributed by atoms with Crippen LogP contribution >= 0.6 is 0 Å². The quantitative estimate of drug-likeness (QED) is 0.335. The van der Waals surface area contributed by atoms with E-state index in [1.807, 2.05) is 70.2 Å². The number of nitrogens with zero attached hydrogens (tertiary/aromatic N) is 1. The SMILES string of the molecule is Cc1cccc(C(C)N(NC(=O)C(O)(c2cccc(C)c2)c2cccc(C)c2)C(=O)c2ccccc2)c1. The molecule has 4 aromatic carbocycles. The Labute approximate surface area is 218 Å². The molecule has 0 radical (unpaired) electrons. The lowest BCUT2D eigenvalue weighted by atomic mass is 9.84. The number of hydrogen-bond acceptors (Lipinski definition) is 3. The molecular weight excluding hydrogens is 460 g/mol. The van der Waals surface area contributed by atoms with Crippen molar-refractivity contribution < 1.29 is 14.7 Å². The fraction of sp³-hybridized carbons (Fsp3) is 0.188. The Morgan fingerprint density at radius 2 is 1.24 bits per heavy atom. The number of rotatable bonds is 6. The molecule has 2 amide bonds. The Hall–Kier alpha value is -4.22. The highest BCUT2D eigenvalue weighted by molar-refractivity contribution is 5.97. The molecule has 0 aliphatic carbocycles. The maximum Gasteiger partial charge on any atom is 0.279 e.